The van der Waals surface area contributed by atoms with E-state index >= 15 is 0 Å². The first kappa shape index (κ1) is 23.5. The molecule has 182 valence electrons. The van der Waals surface area contributed by atoms with Crippen molar-refractivity contribution in [1.29, 1.82) is 0 Å². The summed E-state index contributed by atoms with van der Waals surface area (Å²) in [6.45, 7) is 4.35. The van der Waals surface area contributed by atoms with Crippen molar-refractivity contribution < 1.29 is 17.7 Å². The predicted molar refractivity (Wildman–Crippen MR) is 132 cm³/mol. The highest BCUT2D eigenvalue weighted by molar-refractivity contribution is 5.71. The Morgan fingerprint density at radius 2 is 1.39 bits per heavy atom. The minimum Gasteiger partial charge on any atom is -0.334 e. The highest BCUT2D eigenvalue weighted by Gasteiger charge is 2.34. The van der Waals surface area contributed by atoms with E-state index in [4.69, 9.17) is 4.52 Å². The van der Waals surface area contributed by atoms with Crippen LogP contribution >= 0.6 is 0 Å². The number of aromatic nitrogens is 4. The Morgan fingerprint density at radius 1 is 0.778 bits per heavy atom. The topological polar surface area (TPSA) is 56.7 Å². The van der Waals surface area contributed by atoms with Crippen LogP contribution < -0.4 is 0 Å². The summed E-state index contributed by atoms with van der Waals surface area (Å²) in [5.74, 6) is 1.41. The van der Waals surface area contributed by atoms with Crippen molar-refractivity contribution in [3.63, 3.8) is 0 Å². The molecule has 2 heterocycles. The number of benzene rings is 3. The molecule has 0 unspecified atom stereocenters. The molecule has 5 rings (SSSR count). The van der Waals surface area contributed by atoms with Crippen molar-refractivity contribution in [2.75, 3.05) is 0 Å². The molecule has 2 aromatic heterocycles. The van der Waals surface area contributed by atoms with Gasteiger partial charge in [-0.2, -0.15) is 18.2 Å². The van der Waals surface area contributed by atoms with Crippen molar-refractivity contribution in [3.8, 4) is 45.4 Å². The van der Waals surface area contributed by atoms with Crippen molar-refractivity contribution in [2.24, 2.45) is 7.05 Å². The zero-order valence-corrected chi connectivity index (χ0v) is 19.9. The third kappa shape index (κ3) is 4.54. The van der Waals surface area contributed by atoms with Gasteiger partial charge in [-0.3, -0.25) is 0 Å². The van der Waals surface area contributed by atoms with Crippen LogP contribution in [0.3, 0.4) is 0 Å². The number of rotatable bonds is 5. The van der Waals surface area contributed by atoms with Crippen LogP contribution in [-0.2, 0) is 13.2 Å². The van der Waals surface area contributed by atoms with Gasteiger partial charge in [-0.1, -0.05) is 79.7 Å². The summed E-state index contributed by atoms with van der Waals surface area (Å²) in [7, 11) is 1.53. The molecule has 3 aromatic carbocycles. The van der Waals surface area contributed by atoms with E-state index in [0.717, 1.165) is 17.3 Å². The molecule has 5 nitrogen and oxygen atoms in total. The molecule has 0 atom stereocenters. The molecule has 36 heavy (non-hydrogen) atoms. The van der Waals surface area contributed by atoms with E-state index in [9.17, 15) is 13.2 Å². The van der Waals surface area contributed by atoms with E-state index in [-0.39, 0.29) is 5.82 Å². The third-order valence-corrected chi connectivity index (χ3v) is 6.02. The van der Waals surface area contributed by atoms with Crippen LogP contribution in [0.15, 0.2) is 83.5 Å². The molecule has 0 spiro atoms. The summed E-state index contributed by atoms with van der Waals surface area (Å²) < 4.78 is 45.8. The molecule has 0 N–H and O–H groups in total. The number of imidazole rings is 1. The van der Waals surface area contributed by atoms with E-state index in [0.29, 0.717) is 28.8 Å². The Bertz CT molecular complexity index is 1500. The van der Waals surface area contributed by atoms with Gasteiger partial charge in [0.25, 0.3) is 5.89 Å². The summed E-state index contributed by atoms with van der Waals surface area (Å²) in [4.78, 5) is 8.24. The zero-order chi connectivity index (χ0) is 25.4. The van der Waals surface area contributed by atoms with Gasteiger partial charge in [-0.05, 0) is 34.7 Å². The molecular formula is C28H23F3N4O. The van der Waals surface area contributed by atoms with E-state index in [1.807, 2.05) is 30.3 Å². The van der Waals surface area contributed by atoms with E-state index in [1.165, 1.54) is 22.7 Å². The number of aryl methyl sites for hydroxylation is 1. The monoisotopic (exact) mass is 488 g/mol. The van der Waals surface area contributed by atoms with Gasteiger partial charge in [0, 0.05) is 29.9 Å². The summed E-state index contributed by atoms with van der Waals surface area (Å²) in [6.07, 6.45) is -3.52. The van der Waals surface area contributed by atoms with E-state index in [2.05, 4.69) is 47.2 Å². The number of nitrogens with zero attached hydrogens (tertiary/aromatic N) is 4. The van der Waals surface area contributed by atoms with Crippen LogP contribution in [0.2, 0.25) is 0 Å². The second-order valence-corrected chi connectivity index (χ2v) is 8.88. The van der Waals surface area contributed by atoms with Crippen LogP contribution in [-0.4, -0.2) is 19.7 Å². The lowest BCUT2D eigenvalue weighted by atomic mass is 9.92. The smallest absolute Gasteiger partial charge is 0.334 e. The first-order valence-corrected chi connectivity index (χ1v) is 11.5. The fourth-order valence-electron chi connectivity index (χ4n) is 4.15. The van der Waals surface area contributed by atoms with Crippen LogP contribution in [0, 0.1) is 0 Å². The SMILES string of the molecule is CC(C)c1ccccc1-c1ccc(-c2nc(-c3ccc(-c4nc(C(F)(F)F)cn4C)cc3)no2)cc1. The second kappa shape index (κ2) is 9.11. The Kier molecular flexibility index (Phi) is 5.96. The zero-order valence-electron chi connectivity index (χ0n) is 19.9. The van der Waals surface area contributed by atoms with E-state index < -0.39 is 11.9 Å². The Labute approximate surface area is 206 Å². The molecule has 0 amide bonds. The van der Waals surface area contributed by atoms with Gasteiger partial charge in [-0.25, -0.2) is 4.98 Å². The molecular weight excluding hydrogens is 465 g/mol. The van der Waals surface area contributed by atoms with Gasteiger partial charge in [-0.15, -0.1) is 0 Å². The van der Waals surface area contributed by atoms with E-state index in [1.54, 1.807) is 24.3 Å². The lowest BCUT2D eigenvalue weighted by Gasteiger charge is -2.12. The highest BCUT2D eigenvalue weighted by atomic mass is 19.4. The number of hydrogen-bond donors (Lipinski definition) is 0. The first-order chi connectivity index (χ1) is 17.2. The molecule has 0 saturated carbocycles. The summed E-state index contributed by atoms with van der Waals surface area (Å²) >= 11 is 0. The second-order valence-electron chi connectivity index (χ2n) is 8.88. The Morgan fingerprint density at radius 3 is 2.03 bits per heavy atom. The molecule has 5 aromatic rings. The quantitative estimate of drug-likeness (QED) is 0.255. The van der Waals surface area contributed by atoms with Crippen molar-refractivity contribution >= 4 is 0 Å². The number of hydrogen-bond acceptors (Lipinski definition) is 4. The molecule has 8 heteroatoms. The molecule has 0 aliphatic heterocycles. The Balaban J connectivity index is 1.37. The van der Waals surface area contributed by atoms with Crippen molar-refractivity contribution in [1.82, 2.24) is 19.7 Å². The van der Waals surface area contributed by atoms with Crippen molar-refractivity contribution in [3.05, 3.63) is 90.3 Å². The van der Waals surface area contributed by atoms with Gasteiger partial charge in [0.2, 0.25) is 5.82 Å². The normalized spacial score (nSPS) is 11.9. The molecule has 0 radical (unpaired) electrons. The standard InChI is InChI=1S/C28H23F3N4O/c1-17(2)22-6-4-5-7-23(22)18-8-14-21(15-9-18)27-33-25(34-36-27)19-10-12-20(13-11-19)26-32-24(16-35(26)3)28(29,30)31/h4-17H,1-3H3. The fourth-order valence-corrected chi connectivity index (χ4v) is 4.15. The van der Waals surface area contributed by atoms with Gasteiger partial charge < -0.3 is 9.09 Å². The largest absolute Gasteiger partial charge is 0.434 e. The Hall–Kier alpha value is -4.20. The average molecular weight is 489 g/mol. The molecule has 0 bridgehead atoms. The van der Waals surface area contributed by atoms with Crippen LogP contribution in [0.4, 0.5) is 13.2 Å². The maximum absolute atomic E-state index is 13.0. The maximum Gasteiger partial charge on any atom is 0.434 e. The first-order valence-electron chi connectivity index (χ1n) is 11.5. The van der Waals surface area contributed by atoms with Gasteiger partial charge in [0.1, 0.15) is 5.82 Å². The van der Waals surface area contributed by atoms with Crippen molar-refractivity contribution in [2.45, 2.75) is 25.9 Å². The lowest BCUT2D eigenvalue weighted by Crippen LogP contribution is -2.04. The molecule has 0 aliphatic rings. The molecule has 0 fully saturated rings. The fraction of sp³-hybridized carbons (Fsp3) is 0.179. The van der Waals surface area contributed by atoms with Gasteiger partial charge in [0.05, 0.1) is 0 Å². The minimum atomic E-state index is -4.49. The predicted octanol–water partition coefficient (Wildman–Crippen LogP) is 7.61. The molecule has 0 aliphatic carbocycles. The summed E-state index contributed by atoms with van der Waals surface area (Å²) in [5.41, 5.74) is 4.70. The number of alkyl halides is 3. The minimum absolute atomic E-state index is 0.224. The van der Waals surface area contributed by atoms with Crippen LogP contribution in [0.25, 0.3) is 45.4 Å². The molecule has 0 saturated heterocycles. The highest BCUT2D eigenvalue weighted by Crippen LogP contribution is 2.33. The van der Waals surface area contributed by atoms with Gasteiger partial charge >= 0.3 is 6.18 Å². The lowest BCUT2D eigenvalue weighted by molar-refractivity contribution is -0.140. The van der Waals surface area contributed by atoms with Gasteiger partial charge in [0.15, 0.2) is 5.69 Å². The maximum atomic E-state index is 13.0. The number of halogens is 3. The average Bonchev–Trinajstić information content (AvgIpc) is 3.52. The summed E-state index contributed by atoms with van der Waals surface area (Å²) in [6, 6.07) is 23.2. The van der Waals surface area contributed by atoms with Crippen LogP contribution in [0.1, 0.15) is 31.0 Å². The van der Waals surface area contributed by atoms with Crippen LogP contribution in [0.5, 0.6) is 0 Å². The summed E-state index contributed by atoms with van der Waals surface area (Å²) in [5, 5.41) is 4.08. The third-order valence-electron chi connectivity index (χ3n) is 6.02.